The first-order valence-corrected chi connectivity index (χ1v) is 9.44. The summed E-state index contributed by atoms with van der Waals surface area (Å²) in [6.45, 7) is 17.2. The van der Waals surface area contributed by atoms with Gasteiger partial charge in [0.25, 0.3) is 0 Å². The Morgan fingerprint density at radius 3 is 1.76 bits per heavy atom. The van der Waals surface area contributed by atoms with Crippen molar-refractivity contribution in [2.24, 2.45) is 0 Å². The summed E-state index contributed by atoms with van der Waals surface area (Å²) in [5, 5.41) is 0. The summed E-state index contributed by atoms with van der Waals surface area (Å²) in [6, 6.07) is 9.38. The van der Waals surface area contributed by atoms with Crippen LogP contribution in [0.2, 0.25) is 0 Å². The molecule has 149 valence electrons. The smallest absolute Gasteiger partial charge is 0.0312 e. The Kier molecular flexibility index (Phi) is 21.7. The predicted molar refractivity (Wildman–Crippen MR) is 101 cm³/mol. The topological polar surface area (TPSA) is 97.1 Å². The van der Waals surface area contributed by atoms with Crippen LogP contribution in [0.5, 0.6) is 0 Å². The fourth-order valence-corrected chi connectivity index (χ4v) is 3.19. The second-order valence-electron chi connectivity index (χ2n) is 4.99. The zero-order valence-electron chi connectivity index (χ0n) is 15.6. The number of nitrogens with zero attached hydrogens (tertiary/aromatic N) is 1. The van der Waals surface area contributed by atoms with Crippen LogP contribution >= 0.6 is 0 Å². The quantitative estimate of drug-likeness (QED) is 0.405. The maximum atomic E-state index is 11.7. The van der Waals surface area contributed by atoms with E-state index in [2.05, 4.69) is 32.7 Å². The molecular weight excluding hydrogens is 562 g/mol. The third kappa shape index (κ3) is 12.5. The van der Waals surface area contributed by atoms with Gasteiger partial charge in [-0.2, -0.15) is 12.8 Å². The van der Waals surface area contributed by atoms with Crippen LogP contribution in [0.3, 0.4) is 0 Å². The first-order valence-electron chi connectivity index (χ1n) is 7.59. The molecule has 0 aromatic heterocycles. The molecule has 6 nitrogen and oxygen atoms in total. The fourth-order valence-electron chi connectivity index (χ4n) is 2.25. The van der Waals surface area contributed by atoms with Crippen molar-refractivity contribution in [1.29, 1.82) is 0 Å². The molecule has 0 N–H and O–H groups in total. The van der Waals surface area contributed by atoms with Crippen LogP contribution in [-0.4, -0.2) is 19.0 Å². The van der Waals surface area contributed by atoms with Crippen LogP contribution in [0.4, 0.5) is 0 Å². The van der Waals surface area contributed by atoms with Crippen molar-refractivity contribution in [1.82, 2.24) is 4.31 Å². The van der Waals surface area contributed by atoms with Gasteiger partial charge >= 0.3 is 55.0 Å². The van der Waals surface area contributed by atoms with E-state index >= 15 is 0 Å². The van der Waals surface area contributed by atoms with Crippen molar-refractivity contribution in [3.63, 3.8) is 0 Å². The Morgan fingerprint density at radius 1 is 1.00 bits per heavy atom. The molecule has 29 heavy (non-hydrogen) atoms. The second kappa shape index (κ2) is 19.7. The fraction of sp³-hybridized carbons (Fsp3) is 0.143. The number of benzene rings is 1. The Balaban J connectivity index is -0.000000473. The van der Waals surface area contributed by atoms with E-state index in [4.69, 9.17) is 14.0 Å². The largest absolute Gasteiger partial charge is 2.00 e. The molecule has 2 aliphatic rings. The molecule has 0 spiro atoms. The minimum atomic E-state index is -3.29. The molecule has 1 aliphatic carbocycles. The minimum Gasteiger partial charge on any atom is -0.0312 e. The number of sulfonamides is 1. The SMILES string of the molecule is C=CC1=[C-]N(S(C)(=O)=O)C(c2ccccc2)C1.[C-]#[O+].[C-]#[O+].[C-]#[O+].[CH]1[CH][CH][CH][CH]1.[W+2]. The average Bonchev–Trinajstić information content (AvgIpc) is 3.46. The van der Waals surface area contributed by atoms with Gasteiger partial charge in [-0.25, -0.2) is 20.1 Å². The molecule has 5 radical (unpaired) electrons. The first-order chi connectivity index (χ1) is 13.5. The van der Waals surface area contributed by atoms with Crippen molar-refractivity contribution in [3.8, 4) is 0 Å². The molecule has 0 saturated heterocycles. The Bertz CT molecular complexity index is 728. The zero-order valence-corrected chi connectivity index (χ0v) is 19.4. The number of allylic oxidation sites excluding steroid dienone is 1. The Morgan fingerprint density at radius 2 is 1.41 bits per heavy atom. The van der Waals surface area contributed by atoms with E-state index in [0.717, 1.165) is 11.1 Å². The molecule has 0 amide bonds. The molecule has 8 heteroatoms. The molecule has 1 fully saturated rings. The van der Waals surface area contributed by atoms with Crippen LogP contribution in [-0.2, 0) is 45.0 Å². The number of rotatable bonds is 3. The van der Waals surface area contributed by atoms with E-state index in [9.17, 15) is 8.42 Å². The summed E-state index contributed by atoms with van der Waals surface area (Å²) in [5.74, 6) is 0. The van der Waals surface area contributed by atoms with Crippen molar-refractivity contribution in [2.75, 3.05) is 6.26 Å². The van der Waals surface area contributed by atoms with Crippen LogP contribution in [0.1, 0.15) is 18.0 Å². The first kappa shape index (κ1) is 32.0. The molecule has 1 unspecified atom stereocenters. The number of hydrogen-bond donors (Lipinski definition) is 0. The van der Waals surface area contributed by atoms with E-state index < -0.39 is 10.0 Å². The Labute approximate surface area is 188 Å². The van der Waals surface area contributed by atoms with Crippen LogP contribution in [0.15, 0.2) is 48.6 Å². The number of hydrogen-bond acceptors (Lipinski definition) is 2. The molecule has 1 heterocycles. The van der Waals surface area contributed by atoms with E-state index in [1.165, 1.54) is 10.6 Å². The van der Waals surface area contributed by atoms with Gasteiger partial charge in [0.2, 0.25) is 10.0 Å². The summed E-state index contributed by atoms with van der Waals surface area (Å²) >= 11 is 0. The van der Waals surface area contributed by atoms with Gasteiger partial charge in [0.15, 0.2) is 0 Å². The van der Waals surface area contributed by atoms with Crippen LogP contribution < -0.4 is 0 Å². The zero-order chi connectivity index (χ0) is 22.0. The molecule has 1 aromatic carbocycles. The third-order valence-corrected chi connectivity index (χ3v) is 4.35. The molecule has 0 bridgehead atoms. The summed E-state index contributed by atoms with van der Waals surface area (Å²) in [5.41, 5.74) is 1.80. The molecule has 1 aromatic rings. The van der Waals surface area contributed by atoms with E-state index in [0.29, 0.717) is 6.42 Å². The van der Waals surface area contributed by atoms with Gasteiger partial charge in [0.05, 0.1) is 12.3 Å². The third-order valence-electron chi connectivity index (χ3n) is 3.29. The maximum Gasteiger partial charge on any atom is 2.00 e. The van der Waals surface area contributed by atoms with Gasteiger partial charge in [-0.15, -0.1) is 0 Å². The minimum absolute atomic E-state index is 0. The van der Waals surface area contributed by atoms with Gasteiger partial charge in [-0.05, 0) is 44.1 Å². The second-order valence-corrected chi connectivity index (χ2v) is 6.85. The molecule has 1 aliphatic heterocycles. The summed E-state index contributed by atoms with van der Waals surface area (Å²) in [4.78, 5) is 0. The molecule has 1 atom stereocenters. The van der Waals surface area contributed by atoms with E-state index in [1.54, 1.807) is 6.08 Å². The molecular formula is C21H19NO5SW+. The summed E-state index contributed by atoms with van der Waals surface area (Å²) in [7, 11) is -3.29. The van der Waals surface area contributed by atoms with Gasteiger partial charge in [-0.1, -0.05) is 30.3 Å². The van der Waals surface area contributed by atoms with Gasteiger partial charge < -0.3 is 4.31 Å². The van der Waals surface area contributed by atoms with Gasteiger partial charge in [-0.3, -0.25) is 0 Å². The predicted octanol–water partition coefficient (Wildman–Crippen LogP) is 3.17. The Hall–Kier alpha value is -1.64. The van der Waals surface area contributed by atoms with Crippen LogP contribution in [0, 0.1) is 58.3 Å². The standard InChI is InChI=1S/C13H14NO2S.C5H5.3CO.W/c1-3-11-9-13(12-7-5-4-6-8-12)14(10-11)17(2,15)16;1-2-4-5-3-1;3*1-2;/h3-8,13H,1,9H2,2H3;1-5H;;;;/q-1;;;;;+2. The van der Waals surface area contributed by atoms with E-state index in [1.807, 2.05) is 62.4 Å². The monoisotopic (exact) mass is 581 g/mol. The van der Waals surface area contributed by atoms with Crippen molar-refractivity contribution in [3.05, 3.63) is 112 Å². The maximum absolute atomic E-state index is 11.7. The van der Waals surface area contributed by atoms with Crippen molar-refractivity contribution >= 4 is 10.0 Å². The normalized spacial score (nSPS) is 16.2. The van der Waals surface area contributed by atoms with Gasteiger partial charge in [0, 0.05) is 0 Å². The van der Waals surface area contributed by atoms with Crippen LogP contribution in [0.25, 0.3) is 0 Å². The molecule has 3 rings (SSSR count). The summed E-state index contributed by atoms with van der Waals surface area (Å²) < 4.78 is 47.2. The average molecular weight is 581 g/mol. The van der Waals surface area contributed by atoms with Gasteiger partial charge in [0.1, 0.15) is 0 Å². The summed E-state index contributed by atoms with van der Waals surface area (Å²) in [6.07, 6.45) is 16.3. The van der Waals surface area contributed by atoms with Crippen molar-refractivity contribution < 1.29 is 43.4 Å². The molecule has 1 saturated carbocycles. The van der Waals surface area contributed by atoms with E-state index in [-0.39, 0.29) is 27.1 Å². The van der Waals surface area contributed by atoms with Crippen molar-refractivity contribution in [2.45, 2.75) is 12.5 Å².